The number of amides is 4. The highest BCUT2D eigenvalue weighted by molar-refractivity contribution is 5.99. The number of likely N-dealkylation sites (tertiary alicyclic amines) is 2. The van der Waals surface area contributed by atoms with Crippen LogP contribution in [0, 0.1) is 22.7 Å². The maximum Gasteiger partial charge on any atom is 0.229 e. The van der Waals surface area contributed by atoms with E-state index in [1.54, 1.807) is 0 Å². The first-order chi connectivity index (χ1) is 12.6. The average molecular weight is 395 g/mol. The average Bonchev–Trinajstić information content (AvgIpc) is 2.45. The molecule has 0 radical (unpaired) electrons. The molecule has 6 nitrogen and oxygen atoms in total. The van der Waals surface area contributed by atoms with E-state index in [1.807, 2.05) is 55.4 Å². The number of carbonyl (C=O) groups is 4. The molecule has 0 bridgehead atoms. The Kier molecular flexibility index (Phi) is 7.98. The molecule has 2 rings (SSSR count). The van der Waals surface area contributed by atoms with Gasteiger partial charge in [0.1, 0.15) is 0 Å². The van der Waals surface area contributed by atoms with Crippen LogP contribution in [0.2, 0.25) is 0 Å². The van der Waals surface area contributed by atoms with Gasteiger partial charge in [0.05, 0.1) is 0 Å². The molecule has 0 atom stereocenters. The SMILES string of the molecule is CC(C)CN1C(=O)CC(C)(C)CC1=O.CC(C)CN1C(=O)CC(C)(C)CC1=O. The Hall–Kier alpha value is -1.72. The third kappa shape index (κ3) is 7.36. The maximum absolute atomic E-state index is 11.7. The van der Waals surface area contributed by atoms with E-state index < -0.39 is 0 Å². The minimum absolute atomic E-state index is 0.0139. The van der Waals surface area contributed by atoms with Crippen molar-refractivity contribution in [2.75, 3.05) is 13.1 Å². The van der Waals surface area contributed by atoms with E-state index in [4.69, 9.17) is 0 Å². The molecular formula is C22H38N2O4. The molecule has 0 unspecified atom stereocenters. The van der Waals surface area contributed by atoms with E-state index >= 15 is 0 Å². The molecule has 160 valence electrons. The monoisotopic (exact) mass is 394 g/mol. The molecule has 0 aromatic heterocycles. The van der Waals surface area contributed by atoms with Crippen molar-refractivity contribution in [3.63, 3.8) is 0 Å². The summed E-state index contributed by atoms with van der Waals surface area (Å²) in [5, 5.41) is 0. The fraction of sp³-hybridized carbons (Fsp3) is 0.818. The van der Waals surface area contributed by atoms with Gasteiger partial charge in [-0.15, -0.1) is 0 Å². The molecule has 2 saturated heterocycles. The van der Waals surface area contributed by atoms with Crippen LogP contribution in [0.25, 0.3) is 0 Å². The van der Waals surface area contributed by atoms with Gasteiger partial charge < -0.3 is 0 Å². The summed E-state index contributed by atoms with van der Waals surface area (Å²) >= 11 is 0. The van der Waals surface area contributed by atoms with E-state index in [9.17, 15) is 19.2 Å². The lowest BCUT2D eigenvalue weighted by atomic mass is 9.81. The molecule has 2 aliphatic heterocycles. The molecule has 0 N–H and O–H groups in total. The summed E-state index contributed by atoms with van der Waals surface area (Å²) in [7, 11) is 0. The van der Waals surface area contributed by atoms with Crippen molar-refractivity contribution in [3.05, 3.63) is 0 Å². The van der Waals surface area contributed by atoms with Gasteiger partial charge in [0, 0.05) is 38.8 Å². The van der Waals surface area contributed by atoms with Gasteiger partial charge >= 0.3 is 0 Å². The Labute approximate surface area is 170 Å². The van der Waals surface area contributed by atoms with Crippen molar-refractivity contribution >= 4 is 23.6 Å². The smallest absolute Gasteiger partial charge is 0.229 e. The molecule has 28 heavy (non-hydrogen) atoms. The highest BCUT2D eigenvalue weighted by Crippen LogP contribution is 2.32. The minimum atomic E-state index is -0.151. The molecule has 2 fully saturated rings. The Balaban J connectivity index is 0.000000280. The zero-order valence-corrected chi connectivity index (χ0v) is 18.9. The first-order valence-corrected chi connectivity index (χ1v) is 10.3. The van der Waals surface area contributed by atoms with Gasteiger partial charge in [-0.2, -0.15) is 0 Å². The molecule has 2 aliphatic rings. The molecular weight excluding hydrogens is 356 g/mol. The summed E-state index contributed by atoms with van der Waals surface area (Å²) in [5.41, 5.74) is -0.302. The van der Waals surface area contributed by atoms with Gasteiger partial charge in [-0.3, -0.25) is 29.0 Å². The predicted octanol–water partition coefficient (Wildman–Crippen LogP) is 3.64. The van der Waals surface area contributed by atoms with E-state index in [0.29, 0.717) is 50.6 Å². The highest BCUT2D eigenvalue weighted by atomic mass is 16.2. The van der Waals surface area contributed by atoms with Crippen LogP contribution in [-0.4, -0.2) is 46.5 Å². The standard InChI is InChI=1S/2C11H19NO2/c2*1-8(2)7-12-9(13)5-11(3,4)6-10(12)14/h2*8H,5-7H2,1-4H3. The molecule has 0 aromatic rings. The molecule has 4 amide bonds. The lowest BCUT2D eigenvalue weighted by Gasteiger charge is -2.35. The first-order valence-electron chi connectivity index (χ1n) is 10.3. The lowest BCUT2D eigenvalue weighted by molar-refractivity contribution is -0.154. The zero-order chi connectivity index (χ0) is 21.9. The first kappa shape index (κ1) is 24.3. The van der Waals surface area contributed by atoms with Crippen molar-refractivity contribution in [1.82, 2.24) is 9.80 Å². The van der Waals surface area contributed by atoms with E-state index in [1.165, 1.54) is 9.80 Å². The second kappa shape index (κ2) is 9.19. The van der Waals surface area contributed by atoms with Crippen LogP contribution < -0.4 is 0 Å². The number of carbonyl (C=O) groups excluding carboxylic acids is 4. The van der Waals surface area contributed by atoms with Crippen LogP contribution in [0.3, 0.4) is 0 Å². The number of imide groups is 2. The van der Waals surface area contributed by atoms with Crippen LogP contribution in [-0.2, 0) is 19.2 Å². The van der Waals surface area contributed by atoms with Gasteiger partial charge in [-0.1, -0.05) is 55.4 Å². The number of hydrogen-bond acceptors (Lipinski definition) is 4. The number of piperidine rings is 2. The molecule has 0 spiro atoms. The zero-order valence-electron chi connectivity index (χ0n) is 18.9. The Morgan fingerprint density at radius 3 is 1.00 bits per heavy atom. The fourth-order valence-corrected chi connectivity index (χ4v) is 3.56. The van der Waals surface area contributed by atoms with E-state index in [2.05, 4.69) is 0 Å². The number of hydrogen-bond donors (Lipinski definition) is 0. The number of rotatable bonds is 4. The van der Waals surface area contributed by atoms with Gasteiger partial charge in [-0.25, -0.2) is 0 Å². The normalized spacial score (nSPS) is 21.9. The van der Waals surface area contributed by atoms with E-state index in [0.717, 1.165) is 0 Å². The summed E-state index contributed by atoms with van der Waals surface area (Å²) in [6.45, 7) is 17.1. The van der Waals surface area contributed by atoms with Gasteiger partial charge in [0.15, 0.2) is 0 Å². The Bertz CT molecular complexity index is 526. The maximum atomic E-state index is 11.7. The van der Waals surface area contributed by atoms with E-state index in [-0.39, 0.29) is 34.5 Å². The molecule has 2 heterocycles. The summed E-state index contributed by atoms with van der Waals surface area (Å²) < 4.78 is 0. The molecule has 0 aliphatic carbocycles. The topological polar surface area (TPSA) is 74.8 Å². The van der Waals surface area contributed by atoms with Crippen LogP contribution in [0.4, 0.5) is 0 Å². The predicted molar refractivity (Wildman–Crippen MR) is 109 cm³/mol. The van der Waals surface area contributed by atoms with Crippen LogP contribution in [0.1, 0.15) is 81.1 Å². The third-order valence-corrected chi connectivity index (χ3v) is 4.82. The molecule has 6 heteroatoms. The van der Waals surface area contributed by atoms with Crippen LogP contribution in [0.5, 0.6) is 0 Å². The lowest BCUT2D eigenvalue weighted by Crippen LogP contribution is -2.47. The number of nitrogens with zero attached hydrogens (tertiary/aromatic N) is 2. The van der Waals surface area contributed by atoms with Gasteiger partial charge in [0.2, 0.25) is 23.6 Å². The highest BCUT2D eigenvalue weighted by Gasteiger charge is 2.38. The van der Waals surface area contributed by atoms with Crippen LogP contribution in [0.15, 0.2) is 0 Å². The van der Waals surface area contributed by atoms with Crippen molar-refractivity contribution < 1.29 is 19.2 Å². The fourth-order valence-electron chi connectivity index (χ4n) is 3.56. The quantitative estimate of drug-likeness (QED) is 0.682. The largest absolute Gasteiger partial charge is 0.282 e. The summed E-state index contributed by atoms with van der Waals surface area (Å²) in [5.74, 6) is 0.646. The summed E-state index contributed by atoms with van der Waals surface area (Å²) in [6.07, 6.45) is 1.97. The van der Waals surface area contributed by atoms with Gasteiger partial charge in [-0.05, 0) is 22.7 Å². The second-order valence-electron chi connectivity index (χ2n) is 10.6. The summed E-state index contributed by atoms with van der Waals surface area (Å²) in [4.78, 5) is 49.5. The Morgan fingerprint density at radius 2 is 0.821 bits per heavy atom. The van der Waals surface area contributed by atoms with Crippen LogP contribution >= 0.6 is 0 Å². The van der Waals surface area contributed by atoms with Gasteiger partial charge in [0.25, 0.3) is 0 Å². The molecule has 0 saturated carbocycles. The Morgan fingerprint density at radius 1 is 0.607 bits per heavy atom. The summed E-state index contributed by atoms with van der Waals surface area (Å²) in [6, 6.07) is 0. The van der Waals surface area contributed by atoms with Crippen molar-refractivity contribution in [2.45, 2.75) is 81.1 Å². The second-order valence-corrected chi connectivity index (χ2v) is 10.6. The van der Waals surface area contributed by atoms with Crippen molar-refractivity contribution in [1.29, 1.82) is 0 Å². The van der Waals surface area contributed by atoms with Crippen molar-refractivity contribution in [2.24, 2.45) is 22.7 Å². The van der Waals surface area contributed by atoms with Crippen molar-refractivity contribution in [3.8, 4) is 0 Å². The third-order valence-electron chi connectivity index (χ3n) is 4.82. The minimum Gasteiger partial charge on any atom is -0.282 e. The molecule has 0 aromatic carbocycles.